The Balaban J connectivity index is 2.02. The summed E-state index contributed by atoms with van der Waals surface area (Å²) >= 11 is 0. The molecule has 1 N–H and O–H groups in total. The summed E-state index contributed by atoms with van der Waals surface area (Å²) in [6, 6.07) is 5.51. The Labute approximate surface area is 163 Å². The number of carboxylic acid groups (broad SMARTS) is 1. The van der Waals surface area contributed by atoms with Crippen molar-refractivity contribution in [2.45, 2.75) is 102 Å². The number of piperidine rings is 1. The lowest BCUT2D eigenvalue weighted by Crippen LogP contribution is -2.57. The largest absolute Gasteiger partial charge is 0.545 e. The first-order chi connectivity index (χ1) is 12.5. The third-order valence-corrected chi connectivity index (χ3v) is 6.16. The van der Waals surface area contributed by atoms with Crippen LogP contribution in [0.1, 0.15) is 101 Å². The summed E-state index contributed by atoms with van der Waals surface area (Å²) in [4.78, 5) is 11.9. The molecule has 1 saturated heterocycles. The van der Waals surface area contributed by atoms with Crippen molar-refractivity contribution >= 4 is 5.97 Å². The molecule has 1 aliphatic carbocycles. The van der Waals surface area contributed by atoms with Crippen LogP contribution in [0.25, 0.3) is 0 Å². The van der Waals surface area contributed by atoms with Gasteiger partial charge in [-0.25, -0.2) is 0 Å². The molecule has 2 fully saturated rings. The van der Waals surface area contributed by atoms with Gasteiger partial charge < -0.3 is 20.0 Å². The van der Waals surface area contributed by atoms with Gasteiger partial charge in [-0.1, -0.05) is 18.6 Å². The maximum absolute atomic E-state index is 11.9. The predicted molar refractivity (Wildman–Crippen MR) is 106 cm³/mol. The first-order valence-corrected chi connectivity index (χ1v) is 10.3. The van der Waals surface area contributed by atoms with Crippen LogP contribution in [0.3, 0.4) is 0 Å². The smallest absolute Gasteiger partial charge is 0.132 e. The van der Waals surface area contributed by atoms with Crippen LogP contribution in [0.4, 0.5) is 0 Å². The lowest BCUT2D eigenvalue weighted by molar-refractivity contribution is -0.255. The zero-order chi connectivity index (χ0) is 19.9. The molecule has 1 heterocycles. The standard InChI is InChI=1S/C23H35NO3/c1-21(2)14-16(15-22(3,4)24-21)17-10-9-11-18(20(25)26)19(17)27-23(5)12-7-6-8-13-23/h9-11,16,24H,6-8,12-15H2,1-5H3,(H,25,26)/p-1. The monoisotopic (exact) mass is 372 g/mol. The molecule has 1 aromatic rings. The summed E-state index contributed by atoms with van der Waals surface area (Å²) < 4.78 is 6.51. The lowest BCUT2D eigenvalue weighted by Gasteiger charge is -2.47. The third-order valence-electron chi connectivity index (χ3n) is 6.16. The molecule has 1 aromatic carbocycles. The molecule has 0 amide bonds. The molecule has 0 atom stereocenters. The number of carbonyl (C=O) groups is 1. The SMILES string of the molecule is CC1(C)CC(c2cccc(C(=O)[O-])c2OC2(C)CCCCC2)CC(C)(C)N1. The van der Waals surface area contributed by atoms with Crippen molar-refractivity contribution in [2.75, 3.05) is 0 Å². The maximum Gasteiger partial charge on any atom is 0.132 e. The van der Waals surface area contributed by atoms with E-state index in [9.17, 15) is 9.90 Å². The number of nitrogens with one attached hydrogen (secondary N) is 1. The highest BCUT2D eigenvalue weighted by Gasteiger charge is 2.40. The van der Waals surface area contributed by atoms with E-state index in [2.05, 4.69) is 46.0 Å². The van der Waals surface area contributed by atoms with Gasteiger partial charge in [-0.05, 0) is 90.7 Å². The molecule has 0 unspecified atom stereocenters. The van der Waals surface area contributed by atoms with Crippen LogP contribution < -0.4 is 15.2 Å². The molecule has 150 valence electrons. The van der Waals surface area contributed by atoms with E-state index in [4.69, 9.17) is 4.74 Å². The van der Waals surface area contributed by atoms with Crippen molar-refractivity contribution in [1.29, 1.82) is 0 Å². The third kappa shape index (κ3) is 4.66. The van der Waals surface area contributed by atoms with Gasteiger partial charge >= 0.3 is 0 Å². The highest BCUT2D eigenvalue weighted by Crippen LogP contribution is 2.45. The number of carbonyl (C=O) groups excluding carboxylic acids is 1. The Kier molecular flexibility index (Phi) is 5.33. The van der Waals surface area contributed by atoms with Crippen LogP contribution in [-0.4, -0.2) is 22.6 Å². The minimum absolute atomic E-state index is 0.0180. The summed E-state index contributed by atoms with van der Waals surface area (Å²) in [5, 5.41) is 15.6. The Morgan fingerprint density at radius 2 is 1.63 bits per heavy atom. The minimum Gasteiger partial charge on any atom is -0.545 e. The zero-order valence-electron chi connectivity index (χ0n) is 17.5. The molecule has 2 aliphatic rings. The molecule has 4 nitrogen and oxygen atoms in total. The quantitative estimate of drug-likeness (QED) is 0.861. The molecular weight excluding hydrogens is 338 g/mol. The molecular formula is C23H34NO3-. The molecule has 4 heteroatoms. The number of hydrogen-bond acceptors (Lipinski definition) is 4. The fraction of sp³-hybridized carbons (Fsp3) is 0.696. The van der Waals surface area contributed by atoms with E-state index in [1.165, 1.54) is 6.42 Å². The van der Waals surface area contributed by atoms with Crippen molar-refractivity contribution in [3.05, 3.63) is 29.3 Å². The normalized spacial score (nSPS) is 24.3. The molecule has 27 heavy (non-hydrogen) atoms. The Bertz CT molecular complexity index is 686. The van der Waals surface area contributed by atoms with Gasteiger partial charge in [0.05, 0.1) is 5.97 Å². The first kappa shape index (κ1) is 20.2. The van der Waals surface area contributed by atoms with Gasteiger partial charge in [0.1, 0.15) is 11.4 Å². The highest BCUT2D eigenvalue weighted by atomic mass is 16.5. The van der Waals surface area contributed by atoms with Crippen LogP contribution in [0.15, 0.2) is 18.2 Å². The number of benzene rings is 1. The summed E-state index contributed by atoms with van der Waals surface area (Å²) in [6.45, 7) is 11.0. The summed E-state index contributed by atoms with van der Waals surface area (Å²) in [5.41, 5.74) is 0.877. The number of ether oxygens (including phenoxy) is 1. The lowest BCUT2D eigenvalue weighted by atomic mass is 9.72. The van der Waals surface area contributed by atoms with Crippen LogP contribution in [0.2, 0.25) is 0 Å². The van der Waals surface area contributed by atoms with E-state index in [-0.39, 0.29) is 28.2 Å². The summed E-state index contributed by atoms with van der Waals surface area (Å²) in [6.07, 6.45) is 7.32. The van der Waals surface area contributed by atoms with E-state index < -0.39 is 5.97 Å². The average molecular weight is 373 g/mol. The number of para-hydroxylation sites is 1. The van der Waals surface area contributed by atoms with E-state index >= 15 is 0 Å². The molecule has 1 aliphatic heterocycles. The van der Waals surface area contributed by atoms with Gasteiger partial charge in [0.2, 0.25) is 0 Å². The van der Waals surface area contributed by atoms with Crippen molar-refractivity contribution in [3.8, 4) is 5.75 Å². The highest BCUT2D eigenvalue weighted by molar-refractivity contribution is 5.90. The van der Waals surface area contributed by atoms with Gasteiger partial charge in [-0.3, -0.25) is 0 Å². The van der Waals surface area contributed by atoms with E-state index in [1.54, 1.807) is 6.07 Å². The van der Waals surface area contributed by atoms with E-state index in [0.717, 1.165) is 44.1 Å². The van der Waals surface area contributed by atoms with E-state index in [0.29, 0.717) is 5.75 Å². The van der Waals surface area contributed by atoms with Crippen LogP contribution >= 0.6 is 0 Å². The number of rotatable bonds is 4. The second-order valence-corrected chi connectivity index (χ2v) is 10.1. The Morgan fingerprint density at radius 1 is 1.04 bits per heavy atom. The second-order valence-electron chi connectivity index (χ2n) is 10.1. The molecule has 1 saturated carbocycles. The average Bonchev–Trinajstić information content (AvgIpc) is 2.52. The Hall–Kier alpha value is -1.55. The molecule has 3 rings (SSSR count). The summed E-state index contributed by atoms with van der Waals surface area (Å²) in [7, 11) is 0. The maximum atomic E-state index is 11.9. The number of hydrogen-bond donors (Lipinski definition) is 1. The van der Waals surface area contributed by atoms with Gasteiger partial charge in [-0.15, -0.1) is 0 Å². The number of carboxylic acids is 1. The van der Waals surface area contributed by atoms with Gasteiger partial charge in [0.15, 0.2) is 0 Å². The molecule has 0 spiro atoms. The van der Waals surface area contributed by atoms with Gasteiger partial charge in [0.25, 0.3) is 0 Å². The van der Waals surface area contributed by atoms with Crippen LogP contribution in [0.5, 0.6) is 5.75 Å². The molecule has 0 bridgehead atoms. The minimum atomic E-state index is -1.15. The molecule has 0 radical (unpaired) electrons. The molecule has 0 aromatic heterocycles. The fourth-order valence-electron chi connectivity index (χ4n) is 5.34. The second kappa shape index (κ2) is 7.12. The van der Waals surface area contributed by atoms with Crippen molar-refractivity contribution in [1.82, 2.24) is 5.32 Å². The Morgan fingerprint density at radius 3 is 2.19 bits per heavy atom. The summed E-state index contributed by atoms with van der Waals surface area (Å²) in [5.74, 6) is -0.364. The fourth-order valence-corrected chi connectivity index (χ4v) is 5.34. The van der Waals surface area contributed by atoms with Crippen molar-refractivity contribution < 1.29 is 14.6 Å². The van der Waals surface area contributed by atoms with Crippen LogP contribution in [0, 0.1) is 0 Å². The van der Waals surface area contributed by atoms with Crippen LogP contribution in [-0.2, 0) is 0 Å². The first-order valence-electron chi connectivity index (χ1n) is 10.3. The zero-order valence-corrected chi connectivity index (χ0v) is 17.5. The van der Waals surface area contributed by atoms with Crippen molar-refractivity contribution in [2.24, 2.45) is 0 Å². The predicted octanol–water partition coefficient (Wildman–Crippen LogP) is 4.18. The van der Waals surface area contributed by atoms with Crippen molar-refractivity contribution in [3.63, 3.8) is 0 Å². The van der Waals surface area contributed by atoms with Gasteiger partial charge in [0, 0.05) is 16.6 Å². The van der Waals surface area contributed by atoms with Gasteiger partial charge in [-0.2, -0.15) is 0 Å². The number of aromatic carboxylic acids is 1. The van der Waals surface area contributed by atoms with E-state index in [1.807, 2.05) is 6.07 Å². The topological polar surface area (TPSA) is 61.4 Å².